The zero-order valence-corrected chi connectivity index (χ0v) is 15.6. The number of aliphatic carboxylic acids is 1. The number of carbonyl (C=O) groups is 6. The summed E-state index contributed by atoms with van der Waals surface area (Å²) in [6.45, 7) is 1.77. The lowest BCUT2D eigenvalue weighted by atomic mass is 10.1. The Bertz CT molecular complexity index is 645. The second-order valence-electron chi connectivity index (χ2n) is 5.41. The van der Waals surface area contributed by atoms with E-state index in [1.165, 1.54) is 13.8 Å². The highest BCUT2D eigenvalue weighted by molar-refractivity contribution is 5.95. The number of carbonyl (C=O) groups excluding carboxylic acids is 5. The largest absolute Gasteiger partial charge is 0.478 e. The summed E-state index contributed by atoms with van der Waals surface area (Å²) in [5.41, 5.74) is -0.183. The van der Waals surface area contributed by atoms with Crippen LogP contribution in [0.25, 0.3) is 0 Å². The van der Waals surface area contributed by atoms with Crippen molar-refractivity contribution in [2.24, 2.45) is 0 Å². The molecule has 0 heterocycles. The molecule has 28 heavy (non-hydrogen) atoms. The third-order valence-corrected chi connectivity index (χ3v) is 2.93. The molecule has 0 aromatic rings. The second-order valence-corrected chi connectivity index (χ2v) is 5.41. The van der Waals surface area contributed by atoms with Crippen LogP contribution in [0.3, 0.4) is 0 Å². The maximum atomic E-state index is 11.9. The molecule has 0 aliphatic rings. The molecular formula is C16H24N4O8. The Balaban J connectivity index is 4.31. The van der Waals surface area contributed by atoms with Gasteiger partial charge in [-0.2, -0.15) is 0 Å². The van der Waals surface area contributed by atoms with E-state index in [9.17, 15) is 28.8 Å². The summed E-state index contributed by atoms with van der Waals surface area (Å²) in [5.74, 6) is -3.99. The topological polar surface area (TPSA) is 180 Å². The maximum absolute atomic E-state index is 11.9. The number of hydrogen-bond donors (Lipinski definition) is 5. The number of rotatable bonds is 12. The Labute approximate surface area is 161 Å². The molecule has 12 heteroatoms. The molecule has 12 nitrogen and oxygen atoms in total. The summed E-state index contributed by atoms with van der Waals surface area (Å²) >= 11 is 0. The number of ether oxygens (including phenoxy) is 1. The van der Waals surface area contributed by atoms with Crippen molar-refractivity contribution in [1.29, 1.82) is 0 Å². The van der Waals surface area contributed by atoms with Crippen LogP contribution >= 0.6 is 0 Å². The van der Waals surface area contributed by atoms with Crippen LogP contribution in [0.5, 0.6) is 0 Å². The predicted octanol–water partition coefficient (Wildman–Crippen LogP) is -2.56. The first kappa shape index (κ1) is 24.6. The smallest absolute Gasteiger partial charge is 0.334 e. The summed E-state index contributed by atoms with van der Waals surface area (Å²) in [6.07, 6.45) is 0.559. The highest BCUT2D eigenvalue weighted by atomic mass is 16.5. The molecule has 0 aromatic carbocycles. The van der Waals surface area contributed by atoms with Gasteiger partial charge in [0, 0.05) is 32.0 Å². The van der Waals surface area contributed by atoms with Gasteiger partial charge in [-0.1, -0.05) is 0 Å². The average Bonchev–Trinajstić information content (AvgIpc) is 2.60. The van der Waals surface area contributed by atoms with Gasteiger partial charge in [-0.25, -0.2) is 9.59 Å². The molecule has 5 N–H and O–H groups in total. The molecule has 0 spiro atoms. The molecule has 156 valence electrons. The number of carboxylic acids is 1. The summed E-state index contributed by atoms with van der Waals surface area (Å²) in [6, 6.07) is 0. The van der Waals surface area contributed by atoms with Gasteiger partial charge >= 0.3 is 11.9 Å². The zero-order chi connectivity index (χ0) is 21.5. The maximum Gasteiger partial charge on any atom is 0.334 e. The van der Waals surface area contributed by atoms with Crippen molar-refractivity contribution >= 4 is 35.6 Å². The summed E-state index contributed by atoms with van der Waals surface area (Å²) in [7, 11) is 0. The van der Waals surface area contributed by atoms with Gasteiger partial charge in [0.15, 0.2) is 0 Å². The third-order valence-electron chi connectivity index (χ3n) is 2.93. The Morgan fingerprint density at radius 3 is 1.79 bits per heavy atom. The number of nitrogens with one attached hydrogen (secondary N) is 4. The van der Waals surface area contributed by atoms with Gasteiger partial charge in [-0.15, -0.1) is 0 Å². The van der Waals surface area contributed by atoms with Crippen molar-refractivity contribution in [1.82, 2.24) is 21.3 Å². The molecule has 0 aliphatic carbocycles. The van der Waals surface area contributed by atoms with Gasteiger partial charge in [-0.3, -0.25) is 19.2 Å². The van der Waals surface area contributed by atoms with Gasteiger partial charge in [0.2, 0.25) is 23.6 Å². The Hall–Kier alpha value is -3.44. The molecule has 0 bridgehead atoms. The molecule has 0 rings (SSSR count). The van der Waals surface area contributed by atoms with Crippen molar-refractivity contribution in [3.63, 3.8) is 0 Å². The van der Waals surface area contributed by atoms with Crippen LogP contribution in [0.1, 0.15) is 20.3 Å². The van der Waals surface area contributed by atoms with Crippen molar-refractivity contribution in [2.45, 2.75) is 20.3 Å². The predicted molar refractivity (Wildman–Crippen MR) is 94.7 cm³/mol. The molecule has 0 unspecified atom stereocenters. The van der Waals surface area contributed by atoms with Crippen LogP contribution in [0.2, 0.25) is 0 Å². The number of carboxylic acid groups (broad SMARTS) is 1. The first-order valence-electron chi connectivity index (χ1n) is 8.24. The second kappa shape index (κ2) is 13.7. The molecule has 0 radical (unpaired) electrons. The van der Waals surface area contributed by atoms with E-state index in [4.69, 9.17) is 9.84 Å². The van der Waals surface area contributed by atoms with Crippen molar-refractivity contribution in [2.75, 3.05) is 32.8 Å². The average molecular weight is 400 g/mol. The van der Waals surface area contributed by atoms with Crippen molar-refractivity contribution in [3.8, 4) is 0 Å². The number of hydrogen-bond acceptors (Lipinski definition) is 7. The lowest BCUT2D eigenvalue weighted by Gasteiger charge is -2.10. The first-order valence-corrected chi connectivity index (χ1v) is 8.24. The minimum atomic E-state index is -1.36. The highest BCUT2D eigenvalue weighted by Gasteiger charge is 2.14. The number of amides is 4. The van der Waals surface area contributed by atoms with Gasteiger partial charge in [0.05, 0.1) is 19.6 Å². The van der Waals surface area contributed by atoms with E-state index in [1.807, 2.05) is 0 Å². The fraction of sp³-hybridized carbons (Fsp3) is 0.500. The molecule has 0 fully saturated rings. The molecule has 0 saturated heterocycles. The third kappa shape index (κ3) is 13.8. The molecule has 0 saturated carbocycles. The van der Waals surface area contributed by atoms with Crippen LogP contribution in [-0.2, 0) is 33.5 Å². The molecular weight excluding hydrogens is 376 g/mol. The summed E-state index contributed by atoms with van der Waals surface area (Å²) in [4.78, 5) is 66.9. The van der Waals surface area contributed by atoms with E-state index in [-0.39, 0.29) is 56.6 Å². The fourth-order valence-corrected chi connectivity index (χ4v) is 1.68. The monoisotopic (exact) mass is 400 g/mol. The summed E-state index contributed by atoms with van der Waals surface area (Å²) < 4.78 is 4.88. The van der Waals surface area contributed by atoms with E-state index in [2.05, 4.69) is 21.3 Å². The van der Waals surface area contributed by atoms with Crippen LogP contribution < -0.4 is 21.3 Å². The first-order chi connectivity index (χ1) is 13.1. The standard InChI is InChI=1S/C16H24N4O8/c1-10(21)19-8-13(23)17-4-3-12(7-15(25)26)16(27)28-6-5-18-14(24)9-20-11(2)22/h7H,3-6,8-9H2,1-2H3,(H,17,23)(H,18,24)(H,19,21)(H,20,22)(H,25,26). The lowest BCUT2D eigenvalue weighted by molar-refractivity contribution is -0.140. The normalized spacial score (nSPS) is 10.4. The van der Waals surface area contributed by atoms with E-state index in [0.29, 0.717) is 6.08 Å². The Morgan fingerprint density at radius 2 is 1.32 bits per heavy atom. The van der Waals surface area contributed by atoms with Gasteiger partial charge in [-0.05, 0) is 6.42 Å². The molecule has 0 aliphatic heterocycles. The van der Waals surface area contributed by atoms with E-state index >= 15 is 0 Å². The van der Waals surface area contributed by atoms with Crippen molar-refractivity contribution in [3.05, 3.63) is 11.6 Å². The number of esters is 1. The molecule has 4 amide bonds. The SMILES string of the molecule is CC(=O)NCC(=O)NCCOC(=O)C(=CC(=O)O)CCNC(=O)CNC(C)=O. The van der Waals surface area contributed by atoms with Crippen molar-refractivity contribution < 1.29 is 38.6 Å². The lowest BCUT2D eigenvalue weighted by Crippen LogP contribution is -2.37. The summed E-state index contributed by atoms with van der Waals surface area (Å²) in [5, 5.41) is 18.2. The van der Waals surface area contributed by atoms with Crippen LogP contribution in [0.4, 0.5) is 0 Å². The Morgan fingerprint density at radius 1 is 0.821 bits per heavy atom. The zero-order valence-electron chi connectivity index (χ0n) is 15.6. The fourth-order valence-electron chi connectivity index (χ4n) is 1.68. The quantitative estimate of drug-likeness (QED) is 0.135. The minimum Gasteiger partial charge on any atom is -0.478 e. The van der Waals surface area contributed by atoms with E-state index in [1.54, 1.807) is 0 Å². The Kier molecular flexibility index (Phi) is 12.0. The van der Waals surface area contributed by atoms with Gasteiger partial charge < -0.3 is 31.1 Å². The van der Waals surface area contributed by atoms with Gasteiger partial charge in [0.1, 0.15) is 6.61 Å². The van der Waals surface area contributed by atoms with Gasteiger partial charge in [0.25, 0.3) is 0 Å². The van der Waals surface area contributed by atoms with E-state index in [0.717, 1.165) is 0 Å². The van der Waals surface area contributed by atoms with Crippen LogP contribution in [0, 0.1) is 0 Å². The van der Waals surface area contributed by atoms with E-state index < -0.39 is 23.8 Å². The molecule has 0 aromatic heterocycles. The van der Waals surface area contributed by atoms with Crippen LogP contribution in [0.15, 0.2) is 11.6 Å². The highest BCUT2D eigenvalue weighted by Crippen LogP contribution is 2.03. The molecule has 0 atom stereocenters. The van der Waals surface area contributed by atoms with Crippen LogP contribution in [-0.4, -0.2) is 73.5 Å². The minimum absolute atomic E-state index is 0.0298.